The number of nitrogens with one attached hydrogen (secondary N) is 1. The van der Waals surface area contributed by atoms with Crippen LogP contribution in [0, 0.1) is 5.82 Å². The fourth-order valence-electron chi connectivity index (χ4n) is 1.86. The molecule has 0 aliphatic heterocycles. The quantitative estimate of drug-likeness (QED) is 0.610. The van der Waals surface area contributed by atoms with E-state index in [0.29, 0.717) is 11.4 Å². The zero-order valence-corrected chi connectivity index (χ0v) is 14.0. The first-order valence-corrected chi connectivity index (χ1v) is 8.47. The third-order valence-electron chi connectivity index (χ3n) is 3.11. The van der Waals surface area contributed by atoms with Gasteiger partial charge in [-0.1, -0.05) is 18.2 Å². The van der Waals surface area contributed by atoms with E-state index >= 15 is 0 Å². The molecule has 126 valence electrons. The van der Waals surface area contributed by atoms with E-state index in [1.54, 1.807) is 11.8 Å². The molecule has 0 bridgehead atoms. The van der Waals surface area contributed by atoms with Crippen molar-refractivity contribution in [1.82, 2.24) is 0 Å². The molecule has 2 rings (SSSR count). The molecule has 1 atom stereocenters. The summed E-state index contributed by atoms with van der Waals surface area (Å²) in [6.07, 6.45) is -0.697. The molecule has 0 aliphatic rings. The van der Waals surface area contributed by atoms with Crippen LogP contribution in [-0.4, -0.2) is 23.7 Å². The Morgan fingerprint density at radius 3 is 2.46 bits per heavy atom. The summed E-state index contributed by atoms with van der Waals surface area (Å²) in [7, 11) is 0. The molecule has 0 heterocycles. The van der Waals surface area contributed by atoms with Gasteiger partial charge in [-0.3, -0.25) is 9.59 Å². The second kappa shape index (κ2) is 9.08. The van der Waals surface area contributed by atoms with E-state index in [-0.39, 0.29) is 12.2 Å². The molecular formula is C18H18FNO3S. The maximum atomic E-state index is 12.8. The van der Waals surface area contributed by atoms with E-state index in [4.69, 9.17) is 4.74 Å². The zero-order valence-electron chi connectivity index (χ0n) is 13.2. The first kappa shape index (κ1) is 18.0. The molecule has 6 heteroatoms. The van der Waals surface area contributed by atoms with Crippen molar-refractivity contribution in [3.05, 3.63) is 60.4 Å². The van der Waals surface area contributed by atoms with Crippen LogP contribution >= 0.6 is 11.8 Å². The monoisotopic (exact) mass is 347 g/mol. The van der Waals surface area contributed by atoms with E-state index in [9.17, 15) is 14.0 Å². The molecule has 0 unspecified atom stereocenters. The van der Waals surface area contributed by atoms with Gasteiger partial charge in [0.25, 0.3) is 5.91 Å². The van der Waals surface area contributed by atoms with Crippen LogP contribution in [0.15, 0.2) is 59.5 Å². The van der Waals surface area contributed by atoms with E-state index in [2.05, 4.69) is 5.32 Å². The Balaban J connectivity index is 1.72. The van der Waals surface area contributed by atoms with Crippen molar-refractivity contribution in [3.63, 3.8) is 0 Å². The summed E-state index contributed by atoms with van der Waals surface area (Å²) in [5.41, 5.74) is 0.448. The number of amides is 1. The predicted molar refractivity (Wildman–Crippen MR) is 92.4 cm³/mol. The molecule has 1 N–H and O–H groups in total. The maximum Gasteiger partial charge on any atom is 0.307 e. The highest BCUT2D eigenvalue weighted by atomic mass is 32.2. The van der Waals surface area contributed by atoms with E-state index in [1.165, 1.54) is 31.2 Å². The Hall–Kier alpha value is -2.34. The minimum Gasteiger partial charge on any atom is -0.453 e. The Bertz CT molecular complexity index is 676. The van der Waals surface area contributed by atoms with Crippen molar-refractivity contribution in [1.29, 1.82) is 0 Å². The van der Waals surface area contributed by atoms with Crippen LogP contribution in [0.2, 0.25) is 0 Å². The average Bonchev–Trinajstić information content (AvgIpc) is 2.58. The van der Waals surface area contributed by atoms with Crippen LogP contribution < -0.4 is 5.32 Å². The molecule has 2 aromatic carbocycles. The number of esters is 1. The van der Waals surface area contributed by atoms with Crippen LogP contribution in [-0.2, 0) is 14.3 Å². The number of halogens is 1. The molecule has 4 nitrogen and oxygen atoms in total. The first-order chi connectivity index (χ1) is 11.5. The van der Waals surface area contributed by atoms with Gasteiger partial charge in [0.1, 0.15) is 5.82 Å². The number of carbonyl (C=O) groups excluding carboxylic acids is 2. The lowest BCUT2D eigenvalue weighted by Crippen LogP contribution is -2.30. The molecule has 0 radical (unpaired) electrons. The Morgan fingerprint density at radius 2 is 1.79 bits per heavy atom. The number of hydrogen-bond acceptors (Lipinski definition) is 4. The van der Waals surface area contributed by atoms with Crippen LogP contribution in [0.1, 0.15) is 13.3 Å². The lowest BCUT2D eigenvalue weighted by Gasteiger charge is -2.13. The normalized spacial score (nSPS) is 11.6. The highest BCUT2D eigenvalue weighted by Gasteiger charge is 2.17. The fraction of sp³-hybridized carbons (Fsp3) is 0.222. The smallest absolute Gasteiger partial charge is 0.307 e. The standard InChI is InChI=1S/C18H18FNO3S/c1-13(18(22)20-15-9-7-14(19)8-10-15)23-17(21)11-12-24-16-5-3-2-4-6-16/h2-10,13H,11-12H2,1H3,(H,20,22)/t13-/m0/s1. The third-order valence-corrected chi connectivity index (χ3v) is 4.12. The van der Waals surface area contributed by atoms with E-state index in [0.717, 1.165) is 4.90 Å². The summed E-state index contributed by atoms with van der Waals surface area (Å²) in [5.74, 6) is -0.691. The van der Waals surface area contributed by atoms with Gasteiger partial charge in [0.15, 0.2) is 6.10 Å². The summed E-state index contributed by atoms with van der Waals surface area (Å²) in [4.78, 5) is 24.8. The SMILES string of the molecule is C[C@H](OC(=O)CCSc1ccccc1)C(=O)Nc1ccc(F)cc1. The topological polar surface area (TPSA) is 55.4 Å². The van der Waals surface area contributed by atoms with Crippen molar-refractivity contribution in [2.75, 3.05) is 11.1 Å². The van der Waals surface area contributed by atoms with Gasteiger partial charge in [-0.2, -0.15) is 0 Å². The van der Waals surface area contributed by atoms with Gasteiger partial charge in [-0.05, 0) is 43.3 Å². The summed E-state index contributed by atoms with van der Waals surface area (Å²) >= 11 is 1.55. The molecule has 0 saturated carbocycles. The van der Waals surface area contributed by atoms with Crippen LogP contribution in [0.25, 0.3) is 0 Å². The summed E-state index contributed by atoms with van der Waals surface area (Å²) in [6, 6.07) is 15.1. The number of rotatable bonds is 7. The maximum absolute atomic E-state index is 12.8. The molecule has 0 saturated heterocycles. The van der Waals surface area contributed by atoms with Crippen molar-refractivity contribution < 1.29 is 18.7 Å². The zero-order chi connectivity index (χ0) is 17.4. The fourth-order valence-corrected chi connectivity index (χ4v) is 2.71. The van der Waals surface area contributed by atoms with Gasteiger partial charge in [0.05, 0.1) is 6.42 Å². The predicted octanol–water partition coefficient (Wildman–Crippen LogP) is 3.88. The summed E-state index contributed by atoms with van der Waals surface area (Å²) < 4.78 is 17.9. The molecule has 0 fully saturated rings. The number of thioether (sulfide) groups is 1. The van der Waals surface area contributed by atoms with E-state index in [1.807, 2.05) is 30.3 Å². The number of benzene rings is 2. The number of carbonyl (C=O) groups is 2. The Kier molecular flexibility index (Phi) is 6.81. The van der Waals surface area contributed by atoms with Gasteiger partial charge >= 0.3 is 5.97 Å². The van der Waals surface area contributed by atoms with Crippen molar-refractivity contribution in [2.45, 2.75) is 24.3 Å². The third kappa shape index (κ3) is 6.04. The molecular weight excluding hydrogens is 329 g/mol. The van der Waals surface area contributed by atoms with Crippen LogP contribution in [0.5, 0.6) is 0 Å². The minimum absolute atomic E-state index is 0.216. The van der Waals surface area contributed by atoms with Crippen molar-refractivity contribution in [3.8, 4) is 0 Å². The van der Waals surface area contributed by atoms with E-state index < -0.39 is 18.0 Å². The molecule has 1 amide bonds. The first-order valence-electron chi connectivity index (χ1n) is 7.48. The van der Waals surface area contributed by atoms with Crippen LogP contribution in [0.3, 0.4) is 0 Å². The van der Waals surface area contributed by atoms with Gasteiger partial charge in [0.2, 0.25) is 0 Å². The van der Waals surface area contributed by atoms with Gasteiger partial charge in [-0.25, -0.2) is 4.39 Å². The second-order valence-corrected chi connectivity index (χ2v) is 6.21. The number of hydrogen-bond donors (Lipinski definition) is 1. The largest absolute Gasteiger partial charge is 0.453 e. The molecule has 0 aliphatic carbocycles. The highest BCUT2D eigenvalue weighted by Crippen LogP contribution is 2.18. The molecule has 24 heavy (non-hydrogen) atoms. The van der Waals surface area contributed by atoms with Crippen LogP contribution in [0.4, 0.5) is 10.1 Å². The second-order valence-electron chi connectivity index (χ2n) is 5.04. The average molecular weight is 347 g/mol. The highest BCUT2D eigenvalue weighted by molar-refractivity contribution is 7.99. The summed E-state index contributed by atoms with van der Waals surface area (Å²) in [5, 5.41) is 2.57. The number of anilines is 1. The molecule has 0 spiro atoms. The van der Waals surface area contributed by atoms with Gasteiger partial charge < -0.3 is 10.1 Å². The van der Waals surface area contributed by atoms with Crippen molar-refractivity contribution >= 4 is 29.3 Å². The summed E-state index contributed by atoms with van der Waals surface area (Å²) in [6.45, 7) is 1.50. The molecule has 0 aromatic heterocycles. The van der Waals surface area contributed by atoms with Gasteiger partial charge in [-0.15, -0.1) is 11.8 Å². The van der Waals surface area contributed by atoms with Crippen molar-refractivity contribution in [2.24, 2.45) is 0 Å². The Labute approximate surface area is 144 Å². The lowest BCUT2D eigenvalue weighted by molar-refractivity contribution is -0.152. The Morgan fingerprint density at radius 1 is 1.12 bits per heavy atom. The molecule has 2 aromatic rings. The number of ether oxygens (including phenoxy) is 1. The minimum atomic E-state index is -0.913. The lowest BCUT2D eigenvalue weighted by atomic mass is 10.3. The van der Waals surface area contributed by atoms with Gasteiger partial charge in [0, 0.05) is 16.3 Å².